The lowest BCUT2D eigenvalue weighted by molar-refractivity contribution is -0.132. The number of hydrogen-bond donors (Lipinski definition) is 1. The molecule has 4 heteroatoms. The van der Waals surface area contributed by atoms with Crippen molar-refractivity contribution in [1.29, 1.82) is 0 Å². The fourth-order valence-electron chi connectivity index (χ4n) is 3.40. The summed E-state index contributed by atoms with van der Waals surface area (Å²) in [7, 11) is 0. The van der Waals surface area contributed by atoms with E-state index in [4.69, 9.17) is 0 Å². The molecule has 162 valence electrons. The summed E-state index contributed by atoms with van der Waals surface area (Å²) in [5.74, 6) is 0.217. The molecule has 0 amide bonds. The minimum atomic E-state index is -0.844. The van der Waals surface area contributed by atoms with Crippen LogP contribution in [-0.4, -0.2) is 21.0 Å². The highest BCUT2D eigenvalue weighted by Crippen LogP contribution is 2.21. The molecule has 1 heterocycles. The smallest absolute Gasteiger partial charge is 0.331 e. The molecule has 1 atom stereocenters. The molecule has 2 aromatic rings. The number of carboxylic acids is 1. The maximum Gasteiger partial charge on any atom is 0.331 e. The first-order chi connectivity index (χ1) is 14.5. The molecule has 0 aliphatic heterocycles. The lowest BCUT2D eigenvalue weighted by Crippen LogP contribution is -2.05. The Hall–Kier alpha value is -2.49. The van der Waals surface area contributed by atoms with E-state index in [0.29, 0.717) is 23.7 Å². The van der Waals surface area contributed by atoms with Crippen LogP contribution in [0.2, 0.25) is 0 Å². The Morgan fingerprint density at radius 1 is 1.00 bits per heavy atom. The average molecular weight is 409 g/mol. The number of nitrogens with zero attached hydrogens (tertiary/aromatic N) is 2. The van der Waals surface area contributed by atoms with Crippen molar-refractivity contribution in [3.63, 3.8) is 0 Å². The normalized spacial score (nSPS) is 12.7. The predicted molar refractivity (Wildman–Crippen MR) is 124 cm³/mol. The van der Waals surface area contributed by atoms with Crippen LogP contribution in [0.4, 0.5) is 0 Å². The summed E-state index contributed by atoms with van der Waals surface area (Å²) in [6, 6.07) is 7.78. The van der Waals surface area contributed by atoms with Crippen LogP contribution in [0.25, 0.3) is 17.5 Å². The third-order valence-corrected chi connectivity index (χ3v) is 5.57. The molecule has 0 aliphatic rings. The van der Waals surface area contributed by atoms with Gasteiger partial charge in [0.05, 0.1) is 0 Å². The number of hydrogen-bond acceptors (Lipinski definition) is 3. The molecular formula is C26H36N2O2. The molecular weight excluding hydrogens is 372 g/mol. The van der Waals surface area contributed by atoms with Crippen LogP contribution >= 0.6 is 0 Å². The second kappa shape index (κ2) is 12.9. The molecule has 0 aliphatic carbocycles. The summed E-state index contributed by atoms with van der Waals surface area (Å²) in [4.78, 5) is 20.6. The van der Waals surface area contributed by atoms with Crippen molar-refractivity contribution in [1.82, 2.24) is 9.97 Å². The molecule has 30 heavy (non-hydrogen) atoms. The third-order valence-electron chi connectivity index (χ3n) is 5.57. The van der Waals surface area contributed by atoms with Gasteiger partial charge >= 0.3 is 5.97 Å². The first-order valence-corrected chi connectivity index (χ1v) is 11.4. The van der Waals surface area contributed by atoms with Gasteiger partial charge in [0.2, 0.25) is 0 Å². The van der Waals surface area contributed by atoms with Gasteiger partial charge in [-0.2, -0.15) is 0 Å². The molecule has 2 rings (SSSR count). The fraction of sp³-hybridized carbons (Fsp3) is 0.500. The number of carboxylic acid groups (broad SMARTS) is 1. The fourth-order valence-corrected chi connectivity index (χ4v) is 3.40. The van der Waals surface area contributed by atoms with E-state index in [-0.39, 0.29) is 0 Å². The minimum absolute atomic E-state index is 0.356. The number of aromatic nitrogens is 2. The second-order valence-electron chi connectivity index (χ2n) is 8.25. The minimum Gasteiger partial charge on any atom is -0.478 e. The van der Waals surface area contributed by atoms with E-state index in [1.165, 1.54) is 44.1 Å². The highest BCUT2D eigenvalue weighted by Gasteiger charge is 2.11. The van der Waals surface area contributed by atoms with Crippen molar-refractivity contribution in [2.24, 2.45) is 5.92 Å². The highest BCUT2D eigenvalue weighted by atomic mass is 16.4. The Kier molecular flexibility index (Phi) is 10.3. The van der Waals surface area contributed by atoms with Crippen molar-refractivity contribution in [2.45, 2.75) is 78.6 Å². The van der Waals surface area contributed by atoms with Crippen molar-refractivity contribution < 1.29 is 9.90 Å². The summed E-state index contributed by atoms with van der Waals surface area (Å²) in [5.41, 5.74) is 3.47. The van der Waals surface area contributed by atoms with E-state index in [9.17, 15) is 9.90 Å². The standard InChI is InChI=1S/C26H36N2O2/c1-4-6-7-8-9-10-11-22-18-27-25(28-19-22)23-14-12-21(13-15-23)17-24(26(29)30)16-20(3)5-2/h12-15,17-20H,4-11,16H2,1-3H3,(H,29,30)/t20-/m1/s1. The molecule has 1 N–H and O–H groups in total. The van der Waals surface area contributed by atoms with E-state index in [2.05, 4.69) is 30.7 Å². The molecule has 0 bridgehead atoms. The van der Waals surface area contributed by atoms with Crippen molar-refractivity contribution in [2.75, 3.05) is 0 Å². The van der Waals surface area contributed by atoms with E-state index in [1.54, 1.807) is 6.08 Å². The summed E-state index contributed by atoms with van der Waals surface area (Å²) in [5, 5.41) is 9.46. The van der Waals surface area contributed by atoms with Crippen LogP contribution in [0.1, 0.15) is 83.3 Å². The highest BCUT2D eigenvalue weighted by molar-refractivity contribution is 5.92. The van der Waals surface area contributed by atoms with Gasteiger partial charge in [-0.25, -0.2) is 14.8 Å². The van der Waals surface area contributed by atoms with Gasteiger partial charge in [0.25, 0.3) is 0 Å². The molecule has 0 saturated carbocycles. The topological polar surface area (TPSA) is 63.1 Å². The van der Waals surface area contributed by atoms with E-state index in [0.717, 1.165) is 24.0 Å². The van der Waals surface area contributed by atoms with Gasteiger partial charge in [-0.3, -0.25) is 0 Å². The van der Waals surface area contributed by atoms with Crippen LogP contribution in [0.5, 0.6) is 0 Å². The van der Waals surface area contributed by atoms with Gasteiger partial charge in [-0.15, -0.1) is 0 Å². The Bertz CT molecular complexity index is 795. The lowest BCUT2D eigenvalue weighted by Gasteiger charge is -2.09. The zero-order valence-electron chi connectivity index (χ0n) is 18.7. The Morgan fingerprint density at radius 3 is 2.23 bits per heavy atom. The molecule has 0 saturated heterocycles. The number of benzene rings is 1. The number of carbonyl (C=O) groups is 1. The predicted octanol–water partition coefficient (Wildman–Crippen LogP) is 6.95. The van der Waals surface area contributed by atoms with Crippen LogP contribution in [0.3, 0.4) is 0 Å². The molecule has 0 spiro atoms. The first-order valence-electron chi connectivity index (χ1n) is 11.4. The van der Waals surface area contributed by atoms with Gasteiger partial charge in [0.1, 0.15) is 0 Å². The monoisotopic (exact) mass is 408 g/mol. The second-order valence-corrected chi connectivity index (χ2v) is 8.25. The largest absolute Gasteiger partial charge is 0.478 e. The van der Waals surface area contributed by atoms with E-state index >= 15 is 0 Å². The van der Waals surface area contributed by atoms with E-state index < -0.39 is 5.97 Å². The van der Waals surface area contributed by atoms with Crippen LogP contribution < -0.4 is 0 Å². The first kappa shape index (κ1) is 23.8. The zero-order chi connectivity index (χ0) is 21.8. The molecule has 1 aromatic carbocycles. The Labute approximate surface area is 181 Å². The van der Waals surface area contributed by atoms with Crippen LogP contribution in [-0.2, 0) is 11.2 Å². The van der Waals surface area contributed by atoms with Crippen molar-refractivity contribution in [3.8, 4) is 11.4 Å². The summed E-state index contributed by atoms with van der Waals surface area (Å²) >= 11 is 0. The SMILES string of the molecule is CCCCCCCCc1cnc(-c2ccc(C=C(C[C@H](C)CC)C(=O)O)cc2)nc1. The lowest BCUT2D eigenvalue weighted by atomic mass is 9.97. The Morgan fingerprint density at radius 2 is 1.63 bits per heavy atom. The number of unbranched alkanes of at least 4 members (excludes halogenated alkanes) is 5. The van der Waals surface area contributed by atoms with Gasteiger partial charge in [-0.1, -0.05) is 83.6 Å². The van der Waals surface area contributed by atoms with Crippen LogP contribution in [0.15, 0.2) is 42.2 Å². The zero-order valence-corrected chi connectivity index (χ0v) is 18.7. The van der Waals surface area contributed by atoms with Gasteiger partial charge in [-0.05, 0) is 42.4 Å². The van der Waals surface area contributed by atoms with Gasteiger partial charge < -0.3 is 5.11 Å². The maximum atomic E-state index is 11.5. The summed E-state index contributed by atoms with van der Waals surface area (Å²) < 4.78 is 0. The molecule has 0 fully saturated rings. The van der Waals surface area contributed by atoms with Crippen molar-refractivity contribution in [3.05, 3.63) is 53.4 Å². The number of aliphatic carboxylic acids is 1. The summed E-state index contributed by atoms with van der Waals surface area (Å²) in [6.45, 7) is 6.40. The average Bonchev–Trinajstić information content (AvgIpc) is 2.76. The summed E-state index contributed by atoms with van der Waals surface area (Å²) in [6.07, 6.45) is 15.9. The molecule has 4 nitrogen and oxygen atoms in total. The maximum absolute atomic E-state index is 11.5. The van der Waals surface area contributed by atoms with Crippen molar-refractivity contribution >= 4 is 12.0 Å². The van der Waals surface area contributed by atoms with E-state index in [1.807, 2.05) is 36.7 Å². The number of aryl methyl sites for hydroxylation is 1. The van der Waals surface area contributed by atoms with Crippen LogP contribution in [0, 0.1) is 5.92 Å². The number of rotatable bonds is 13. The van der Waals surface area contributed by atoms with Gasteiger partial charge in [0.15, 0.2) is 5.82 Å². The Balaban J connectivity index is 1.95. The molecule has 0 unspecified atom stereocenters. The molecule has 1 aromatic heterocycles. The molecule has 0 radical (unpaired) electrons. The van der Waals surface area contributed by atoms with Gasteiger partial charge in [0, 0.05) is 23.5 Å². The quantitative estimate of drug-likeness (QED) is 0.288. The third kappa shape index (κ3) is 8.10.